The zero-order valence-electron chi connectivity index (χ0n) is 5.12. The third kappa shape index (κ3) is 2.30. The van der Waals surface area contributed by atoms with Gasteiger partial charge < -0.3 is 0 Å². The van der Waals surface area contributed by atoms with Crippen LogP contribution in [0.5, 0.6) is 0 Å². The first kappa shape index (κ1) is 8.64. The second kappa shape index (κ2) is 3.30. The second-order valence-corrected chi connectivity index (χ2v) is 5.57. The number of hydrogen-bond donors (Lipinski definition) is 0. The fraction of sp³-hybridized carbons (Fsp3) is 1.00. The molecule has 10 heavy (non-hydrogen) atoms. The summed E-state index contributed by atoms with van der Waals surface area (Å²) in [6.07, 6.45) is 1.36. The molecule has 1 saturated heterocycles. The summed E-state index contributed by atoms with van der Waals surface area (Å²) in [5, 5.41) is 0. The third-order valence-electron chi connectivity index (χ3n) is 1.16. The van der Waals surface area contributed by atoms with Gasteiger partial charge in [-0.2, -0.15) is 0 Å². The maximum absolute atomic E-state index is 10.6. The Hall–Kier alpha value is 0.550. The molecule has 1 heterocycles. The van der Waals surface area contributed by atoms with Gasteiger partial charge in [0, 0.05) is 16.4 Å². The Labute approximate surface area is 68.7 Å². The molecular weight excluding hydrogens is 196 g/mol. The first-order valence-corrected chi connectivity index (χ1v) is 6.11. The minimum Gasteiger partial charge on any atom is -0.295 e. The Morgan fingerprint density at radius 2 is 2.30 bits per heavy atom. The molecule has 0 aromatic heterocycles. The molecule has 3 nitrogen and oxygen atoms in total. The molecule has 0 aromatic carbocycles. The van der Waals surface area contributed by atoms with Crippen LogP contribution in [0.1, 0.15) is 12.8 Å². The fourth-order valence-electron chi connectivity index (χ4n) is 0.669. The van der Waals surface area contributed by atoms with Gasteiger partial charge in [0.2, 0.25) is 0 Å². The number of rotatable bonds is 1. The summed E-state index contributed by atoms with van der Waals surface area (Å²) in [6.45, 7) is 0. The van der Waals surface area contributed by atoms with Crippen LogP contribution in [-0.4, -0.2) is 19.6 Å². The average Bonchev–Trinajstić information content (AvgIpc) is 1.88. The highest BCUT2D eigenvalue weighted by molar-refractivity contribution is 8.14. The normalized spacial score (nSPS) is 28.3. The summed E-state index contributed by atoms with van der Waals surface area (Å²) in [5.41, 5.74) is -0.798. The van der Waals surface area contributed by atoms with Crippen molar-refractivity contribution in [2.24, 2.45) is 0 Å². The van der Waals surface area contributed by atoms with Gasteiger partial charge in [-0.05, 0) is 24.9 Å². The molecule has 1 aliphatic rings. The van der Waals surface area contributed by atoms with Crippen molar-refractivity contribution < 1.29 is 12.6 Å². The van der Waals surface area contributed by atoms with Crippen molar-refractivity contribution in [1.82, 2.24) is 0 Å². The van der Waals surface area contributed by atoms with Crippen molar-refractivity contribution in [3.05, 3.63) is 0 Å². The van der Waals surface area contributed by atoms with Crippen LogP contribution in [0.3, 0.4) is 0 Å². The van der Waals surface area contributed by atoms with Crippen LogP contribution in [0.4, 0.5) is 0 Å². The van der Waals surface area contributed by atoms with Gasteiger partial charge in [-0.15, -0.1) is 0 Å². The first-order chi connectivity index (χ1) is 4.61. The van der Waals surface area contributed by atoms with Crippen LogP contribution in [0, 0.1) is 0 Å². The zero-order chi connectivity index (χ0) is 7.61. The Morgan fingerprint density at radius 1 is 1.60 bits per heavy atom. The molecule has 1 unspecified atom stereocenters. The topological polar surface area (TPSA) is 43.4 Å². The SMILES string of the molecule is O=S(=O)(Cl)C1CCCSO1. The maximum Gasteiger partial charge on any atom is 0.260 e. The van der Waals surface area contributed by atoms with Gasteiger partial charge in [0.15, 0.2) is 5.44 Å². The molecule has 0 saturated carbocycles. The monoisotopic (exact) mass is 202 g/mol. The molecule has 0 spiro atoms. The summed E-state index contributed by atoms with van der Waals surface area (Å²) in [6, 6.07) is 0. The van der Waals surface area contributed by atoms with Crippen LogP contribution in [0.15, 0.2) is 0 Å². The first-order valence-electron chi connectivity index (χ1n) is 2.82. The van der Waals surface area contributed by atoms with E-state index in [4.69, 9.17) is 14.9 Å². The summed E-state index contributed by atoms with van der Waals surface area (Å²) in [4.78, 5) is 0. The lowest BCUT2D eigenvalue weighted by atomic mass is 10.3. The molecule has 0 bridgehead atoms. The van der Waals surface area contributed by atoms with Gasteiger partial charge in [0.25, 0.3) is 9.05 Å². The largest absolute Gasteiger partial charge is 0.295 e. The fourth-order valence-corrected chi connectivity index (χ4v) is 2.82. The summed E-state index contributed by atoms with van der Waals surface area (Å²) < 4.78 is 26.1. The van der Waals surface area contributed by atoms with E-state index in [0.717, 1.165) is 12.2 Å². The van der Waals surface area contributed by atoms with E-state index in [1.807, 2.05) is 0 Å². The van der Waals surface area contributed by atoms with Gasteiger partial charge in [-0.25, -0.2) is 8.42 Å². The Balaban J connectivity index is 2.56. The van der Waals surface area contributed by atoms with E-state index < -0.39 is 14.5 Å². The molecule has 0 N–H and O–H groups in total. The molecule has 1 aliphatic heterocycles. The van der Waals surface area contributed by atoms with E-state index in [2.05, 4.69) is 0 Å². The van der Waals surface area contributed by atoms with E-state index in [-0.39, 0.29) is 0 Å². The summed E-state index contributed by atoms with van der Waals surface area (Å²) >= 11 is 1.17. The van der Waals surface area contributed by atoms with E-state index >= 15 is 0 Å². The smallest absolute Gasteiger partial charge is 0.260 e. The molecule has 0 aliphatic carbocycles. The molecule has 0 amide bonds. The molecule has 0 radical (unpaired) electrons. The van der Waals surface area contributed by atoms with E-state index in [1.165, 1.54) is 12.0 Å². The van der Waals surface area contributed by atoms with Gasteiger partial charge >= 0.3 is 0 Å². The maximum atomic E-state index is 10.6. The van der Waals surface area contributed by atoms with E-state index in [1.54, 1.807) is 0 Å². The average molecular weight is 203 g/mol. The third-order valence-corrected chi connectivity index (χ3v) is 3.66. The lowest BCUT2D eigenvalue weighted by molar-refractivity contribution is 0.296. The van der Waals surface area contributed by atoms with Crippen molar-refractivity contribution in [2.45, 2.75) is 18.3 Å². The second-order valence-electron chi connectivity index (χ2n) is 1.97. The van der Waals surface area contributed by atoms with Crippen molar-refractivity contribution >= 4 is 31.8 Å². The number of halogens is 1. The highest BCUT2D eigenvalue weighted by Gasteiger charge is 2.26. The predicted octanol–water partition coefficient (Wildman–Crippen LogP) is 1.34. The standard InChI is InChI=1S/C4H7ClO3S2/c5-10(6,7)4-2-1-3-9-8-4/h4H,1-3H2. The zero-order valence-corrected chi connectivity index (χ0v) is 7.51. The molecule has 1 atom stereocenters. The van der Waals surface area contributed by atoms with Crippen molar-refractivity contribution in [3.8, 4) is 0 Å². The Kier molecular flexibility index (Phi) is 2.85. The Bertz CT molecular complexity index is 195. The van der Waals surface area contributed by atoms with Crippen LogP contribution in [0.2, 0.25) is 0 Å². The van der Waals surface area contributed by atoms with Gasteiger partial charge in [0.05, 0.1) is 0 Å². The molecule has 0 aromatic rings. The van der Waals surface area contributed by atoms with Crippen LogP contribution < -0.4 is 0 Å². The van der Waals surface area contributed by atoms with Crippen LogP contribution in [-0.2, 0) is 13.2 Å². The molecule has 1 fully saturated rings. The van der Waals surface area contributed by atoms with Crippen LogP contribution >= 0.6 is 22.7 Å². The summed E-state index contributed by atoms with van der Waals surface area (Å²) in [7, 11) is 1.55. The minimum absolute atomic E-state index is 0.513. The quantitative estimate of drug-likeness (QED) is 0.476. The van der Waals surface area contributed by atoms with E-state index in [9.17, 15) is 8.42 Å². The minimum atomic E-state index is -3.50. The lowest BCUT2D eigenvalue weighted by Gasteiger charge is -2.17. The van der Waals surface area contributed by atoms with Crippen molar-refractivity contribution in [2.75, 3.05) is 5.75 Å². The highest BCUT2D eigenvalue weighted by Crippen LogP contribution is 2.26. The highest BCUT2D eigenvalue weighted by atomic mass is 35.7. The predicted molar refractivity (Wildman–Crippen MR) is 41.3 cm³/mol. The van der Waals surface area contributed by atoms with Gasteiger partial charge in [0.1, 0.15) is 0 Å². The van der Waals surface area contributed by atoms with Gasteiger partial charge in [-0.3, -0.25) is 4.18 Å². The Morgan fingerprint density at radius 3 is 2.60 bits per heavy atom. The molecule has 6 heteroatoms. The summed E-state index contributed by atoms with van der Waals surface area (Å²) in [5.74, 6) is 0.850. The molecular formula is C4H7ClO3S2. The van der Waals surface area contributed by atoms with Crippen LogP contribution in [0.25, 0.3) is 0 Å². The van der Waals surface area contributed by atoms with E-state index in [0.29, 0.717) is 6.42 Å². The molecule has 60 valence electrons. The lowest BCUT2D eigenvalue weighted by Crippen LogP contribution is -2.20. The number of hydrogen-bond acceptors (Lipinski definition) is 4. The van der Waals surface area contributed by atoms with Crippen molar-refractivity contribution in [1.29, 1.82) is 0 Å². The van der Waals surface area contributed by atoms with Crippen molar-refractivity contribution in [3.63, 3.8) is 0 Å². The molecule has 1 rings (SSSR count). The van der Waals surface area contributed by atoms with Gasteiger partial charge in [-0.1, -0.05) is 0 Å².